The molecule has 1 rings (SSSR count). The van der Waals surface area contributed by atoms with Gasteiger partial charge in [0.05, 0.1) is 11.4 Å². The first-order chi connectivity index (χ1) is 6.97. The molecule has 0 unspecified atom stereocenters. The molecule has 0 bridgehead atoms. The fourth-order valence-corrected chi connectivity index (χ4v) is 2.69. The number of nitrogens with zero attached hydrogens (tertiary/aromatic N) is 1. The molecule has 0 saturated carbocycles. The number of rotatable bonds is 4. The van der Waals surface area contributed by atoms with Crippen molar-refractivity contribution in [2.45, 2.75) is 18.2 Å². The normalized spacial score (nSPS) is 11.4. The lowest BCUT2D eigenvalue weighted by atomic mass is 10.3. The molecule has 15 heavy (non-hydrogen) atoms. The lowest BCUT2D eigenvalue weighted by molar-refractivity contribution is 0.593. The smallest absolute Gasteiger partial charge is 0.234 e. The van der Waals surface area contributed by atoms with E-state index in [9.17, 15) is 8.42 Å². The van der Waals surface area contributed by atoms with Crippen LogP contribution in [0.25, 0.3) is 0 Å². The van der Waals surface area contributed by atoms with Gasteiger partial charge in [0.1, 0.15) is 0 Å². The number of thiol groups is 1. The Morgan fingerprint density at radius 2 is 2.07 bits per heavy atom. The van der Waals surface area contributed by atoms with E-state index in [0.717, 1.165) is 4.90 Å². The van der Waals surface area contributed by atoms with Gasteiger partial charge in [0, 0.05) is 11.9 Å². The highest BCUT2D eigenvalue weighted by atomic mass is 32.2. The Balaban J connectivity index is 2.99. The highest BCUT2D eigenvalue weighted by Crippen LogP contribution is 2.20. The van der Waals surface area contributed by atoms with Gasteiger partial charge in [-0.15, -0.1) is 12.6 Å². The SMILES string of the molecule is CCCS(=O)(=O)N(C)c1cccc(S)c1. The molecule has 0 aliphatic rings. The van der Waals surface area contributed by atoms with Crippen molar-refractivity contribution in [2.24, 2.45) is 0 Å². The standard InChI is InChI=1S/C10H15NO2S2/c1-3-7-15(12,13)11(2)9-5-4-6-10(14)8-9/h4-6,8,14H,3,7H2,1-2H3. The van der Waals surface area contributed by atoms with E-state index in [4.69, 9.17) is 0 Å². The minimum absolute atomic E-state index is 0.167. The second-order valence-electron chi connectivity index (χ2n) is 3.30. The molecule has 0 aliphatic heterocycles. The van der Waals surface area contributed by atoms with Crippen LogP contribution in [0.3, 0.4) is 0 Å². The summed E-state index contributed by atoms with van der Waals surface area (Å²) >= 11 is 4.18. The van der Waals surface area contributed by atoms with Crippen LogP contribution >= 0.6 is 12.6 Å². The summed E-state index contributed by atoms with van der Waals surface area (Å²) in [5.41, 5.74) is 0.649. The molecule has 5 heteroatoms. The monoisotopic (exact) mass is 245 g/mol. The van der Waals surface area contributed by atoms with Gasteiger partial charge < -0.3 is 0 Å². The summed E-state index contributed by atoms with van der Waals surface area (Å²) in [4.78, 5) is 0.756. The van der Waals surface area contributed by atoms with Crippen LogP contribution in [0.4, 0.5) is 5.69 Å². The minimum atomic E-state index is -3.18. The maximum absolute atomic E-state index is 11.7. The summed E-state index contributed by atoms with van der Waals surface area (Å²) in [5.74, 6) is 0.167. The second-order valence-corrected chi connectivity index (χ2v) is 5.94. The minimum Gasteiger partial charge on any atom is -0.273 e. The van der Waals surface area contributed by atoms with Crippen LogP contribution in [0.1, 0.15) is 13.3 Å². The molecule has 0 heterocycles. The zero-order chi connectivity index (χ0) is 11.5. The van der Waals surface area contributed by atoms with E-state index >= 15 is 0 Å². The number of sulfonamides is 1. The summed E-state index contributed by atoms with van der Waals surface area (Å²) in [6.45, 7) is 1.85. The van der Waals surface area contributed by atoms with E-state index in [1.165, 1.54) is 4.31 Å². The molecule has 0 spiro atoms. The average molecular weight is 245 g/mol. The van der Waals surface area contributed by atoms with Gasteiger partial charge in [-0.3, -0.25) is 4.31 Å². The lowest BCUT2D eigenvalue weighted by Gasteiger charge is -2.19. The fourth-order valence-electron chi connectivity index (χ4n) is 1.24. The summed E-state index contributed by atoms with van der Waals surface area (Å²) < 4.78 is 24.8. The van der Waals surface area contributed by atoms with Gasteiger partial charge in [-0.05, 0) is 24.6 Å². The van der Waals surface area contributed by atoms with Gasteiger partial charge in [-0.1, -0.05) is 13.0 Å². The van der Waals surface area contributed by atoms with Crippen molar-refractivity contribution in [1.29, 1.82) is 0 Å². The number of anilines is 1. The highest BCUT2D eigenvalue weighted by molar-refractivity contribution is 7.92. The largest absolute Gasteiger partial charge is 0.273 e. The summed E-state index contributed by atoms with van der Waals surface area (Å²) in [7, 11) is -1.62. The molecule has 0 atom stereocenters. The summed E-state index contributed by atoms with van der Waals surface area (Å²) in [6, 6.07) is 7.09. The first-order valence-electron chi connectivity index (χ1n) is 4.73. The Kier molecular flexibility index (Phi) is 4.04. The van der Waals surface area contributed by atoms with Crippen LogP contribution in [0.2, 0.25) is 0 Å². The van der Waals surface area contributed by atoms with Crippen molar-refractivity contribution in [3.05, 3.63) is 24.3 Å². The maximum atomic E-state index is 11.7. The molecule has 0 aliphatic carbocycles. The highest BCUT2D eigenvalue weighted by Gasteiger charge is 2.16. The van der Waals surface area contributed by atoms with Gasteiger partial charge in [0.15, 0.2) is 0 Å². The topological polar surface area (TPSA) is 37.4 Å². The molecule has 0 saturated heterocycles. The molecular weight excluding hydrogens is 230 g/mol. The fraction of sp³-hybridized carbons (Fsp3) is 0.400. The molecule has 3 nitrogen and oxygen atoms in total. The Bertz CT molecular complexity index is 429. The molecule has 0 fully saturated rings. The maximum Gasteiger partial charge on any atom is 0.234 e. The number of hydrogen-bond donors (Lipinski definition) is 1. The average Bonchev–Trinajstić information content (AvgIpc) is 2.16. The van der Waals surface area contributed by atoms with Gasteiger partial charge in [0.2, 0.25) is 10.0 Å². The van der Waals surface area contributed by atoms with Crippen molar-refractivity contribution in [1.82, 2.24) is 0 Å². The van der Waals surface area contributed by atoms with E-state index in [-0.39, 0.29) is 5.75 Å². The Morgan fingerprint density at radius 3 is 2.60 bits per heavy atom. The van der Waals surface area contributed by atoms with E-state index in [1.807, 2.05) is 13.0 Å². The Morgan fingerprint density at radius 1 is 1.40 bits per heavy atom. The first-order valence-corrected chi connectivity index (χ1v) is 6.78. The van der Waals surface area contributed by atoms with Gasteiger partial charge >= 0.3 is 0 Å². The van der Waals surface area contributed by atoms with Crippen LogP contribution in [-0.4, -0.2) is 21.2 Å². The third-order valence-corrected chi connectivity index (χ3v) is 4.32. The van der Waals surface area contributed by atoms with Crippen LogP contribution in [0, 0.1) is 0 Å². The van der Waals surface area contributed by atoms with Crippen LogP contribution < -0.4 is 4.31 Å². The molecule has 1 aromatic carbocycles. The predicted octanol–water partition coefficient (Wildman–Crippen LogP) is 2.15. The quantitative estimate of drug-likeness (QED) is 0.825. The van der Waals surface area contributed by atoms with E-state index in [0.29, 0.717) is 12.1 Å². The molecule has 0 aromatic heterocycles. The van der Waals surface area contributed by atoms with Gasteiger partial charge in [-0.2, -0.15) is 0 Å². The lowest BCUT2D eigenvalue weighted by Crippen LogP contribution is -2.28. The Hall–Kier alpha value is -0.680. The molecule has 0 radical (unpaired) electrons. The van der Waals surface area contributed by atoms with E-state index in [1.54, 1.807) is 25.2 Å². The molecular formula is C10H15NO2S2. The van der Waals surface area contributed by atoms with Gasteiger partial charge in [0.25, 0.3) is 0 Å². The second kappa shape index (κ2) is 4.90. The third kappa shape index (κ3) is 3.14. The van der Waals surface area contributed by atoms with Gasteiger partial charge in [-0.25, -0.2) is 8.42 Å². The van der Waals surface area contributed by atoms with Crippen LogP contribution in [0.15, 0.2) is 29.2 Å². The number of hydrogen-bond acceptors (Lipinski definition) is 3. The predicted molar refractivity (Wildman–Crippen MR) is 66.2 cm³/mol. The molecule has 0 amide bonds. The van der Waals surface area contributed by atoms with Crippen molar-refractivity contribution >= 4 is 28.3 Å². The van der Waals surface area contributed by atoms with Crippen molar-refractivity contribution in [2.75, 3.05) is 17.1 Å². The van der Waals surface area contributed by atoms with Crippen molar-refractivity contribution in [3.8, 4) is 0 Å². The van der Waals surface area contributed by atoms with Crippen LogP contribution in [0.5, 0.6) is 0 Å². The third-order valence-electron chi connectivity index (χ3n) is 2.07. The summed E-state index contributed by atoms with van der Waals surface area (Å²) in [5, 5.41) is 0. The number of benzene rings is 1. The molecule has 0 N–H and O–H groups in total. The zero-order valence-electron chi connectivity index (χ0n) is 8.84. The molecule has 1 aromatic rings. The van der Waals surface area contributed by atoms with Crippen molar-refractivity contribution in [3.63, 3.8) is 0 Å². The molecule has 84 valence electrons. The summed E-state index contributed by atoms with van der Waals surface area (Å²) in [6.07, 6.45) is 0.618. The first kappa shape index (κ1) is 12.4. The zero-order valence-corrected chi connectivity index (χ0v) is 10.6. The Labute approximate surface area is 96.6 Å². The van der Waals surface area contributed by atoms with Crippen molar-refractivity contribution < 1.29 is 8.42 Å². The van der Waals surface area contributed by atoms with Crippen LogP contribution in [-0.2, 0) is 10.0 Å². The van der Waals surface area contributed by atoms with E-state index in [2.05, 4.69) is 12.6 Å². The van der Waals surface area contributed by atoms with E-state index < -0.39 is 10.0 Å².